The van der Waals surface area contributed by atoms with Gasteiger partial charge in [0.15, 0.2) is 0 Å². The van der Waals surface area contributed by atoms with Gasteiger partial charge in [0.25, 0.3) is 0 Å². The Balaban J connectivity index is 1.87. The Morgan fingerprint density at radius 3 is 2.95 bits per heavy atom. The first kappa shape index (κ1) is 12.8. The van der Waals surface area contributed by atoms with Crippen molar-refractivity contribution in [1.29, 1.82) is 0 Å². The van der Waals surface area contributed by atoms with E-state index in [1.807, 2.05) is 30.5 Å². The summed E-state index contributed by atoms with van der Waals surface area (Å²) in [6.45, 7) is 3.45. The number of ether oxygens (including phenoxy) is 1. The van der Waals surface area contributed by atoms with Crippen LogP contribution in [-0.4, -0.2) is 36.1 Å². The summed E-state index contributed by atoms with van der Waals surface area (Å²) in [5.41, 5.74) is 0.923. The number of esters is 1. The fraction of sp³-hybridized carbons (Fsp3) is 0.400. The second kappa shape index (κ2) is 5.07. The van der Waals surface area contributed by atoms with Crippen molar-refractivity contribution in [3.63, 3.8) is 0 Å². The molecule has 1 fully saturated rings. The van der Waals surface area contributed by atoms with E-state index in [-0.39, 0.29) is 17.8 Å². The predicted molar refractivity (Wildman–Crippen MR) is 76.4 cm³/mol. The molecule has 0 radical (unpaired) electrons. The first-order valence-corrected chi connectivity index (χ1v) is 6.73. The second-order valence-corrected chi connectivity index (χ2v) is 5.24. The molecule has 5 nitrogen and oxygen atoms in total. The van der Waals surface area contributed by atoms with Crippen LogP contribution >= 0.6 is 0 Å². The van der Waals surface area contributed by atoms with Gasteiger partial charge in [0.05, 0.1) is 18.5 Å². The highest BCUT2D eigenvalue weighted by Crippen LogP contribution is 2.27. The smallest absolute Gasteiger partial charge is 0.310 e. The number of methoxy groups -OCH3 is 1. The van der Waals surface area contributed by atoms with Crippen LogP contribution in [0.25, 0.3) is 10.9 Å². The number of hydrogen-bond acceptors (Lipinski definition) is 5. The highest BCUT2D eigenvalue weighted by Gasteiger charge is 2.36. The molecule has 20 heavy (non-hydrogen) atoms. The number of benzene rings is 1. The number of hydrogen-bond donors (Lipinski definition) is 0. The molecule has 2 aromatic rings. The third-order valence-electron chi connectivity index (χ3n) is 3.88. The highest BCUT2D eigenvalue weighted by atomic mass is 16.5. The lowest BCUT2D eigenvalue weighted by Crippen LogP contribution is -2.25. The molecule has 104 valence electrons. The van der Waals surface area contributed by atoms with Crippen LogP contribution < -0.4 is 4.90 Å². The maximum Gasteiger partial charge on any atom is 0.310 e. The Morgan fingerprint density at radius 1 is 1.35 bits per heavy atom. The molecule has 0 aliphatic carbocycles. The zero-order chi connectivity index (χ0) is 14.1. The van der Waals surface area contributed by atoms with Gasteiger partial charge in [-0.3, -0.25) is 4.79 Å². The maximum atomic E-state index is 11.7. The summed E-state index contributed by atoms with van der Waals surface area (Å²) in [5, 5.41) is 1.02. The molecule has 0 bridgehead atoms. The molecule has 0 spiro atoms. The van der Waals surface area contributed by atoms with Crippen LogP contribution in [0.15, 0.2) is 30.5 Å². The van der Waals surface area contributed by atoms with Gasteiger partial charge in [0.1, 0.15) is 0 Å². The molecule has 1 aliphatic heterocycles. The molecular formula is C15H17N3O2. The SMILES string of the molecule is COC(=O)C1CN(c2ncc3ccccc3n2)CC1C. The van der Waals surface area contributed by atoms with E-state index in [0.717, 1.165) is 17.4 Å². The van der Waals surface area contributed by atoms with Crippen LogP contribution in [0.3, 0.4) is 0 Å². The van der Waals surface area contributed by atoms with Crippen LogP contribution in [0.5, 0.6) is 0 Å². The average Bonchev–Trinajstić information content (AvgIpc) is 2.88. The number of rotatable bonds is 2. The summed E-state index contributed by atoms with van der Waals surface area (Å²) in [7, 11) is 1.43. The average molecular weight is 271 g/mol. The van der Waals surface area contributed by atoms with Gasteiger partial charge in [-0.2, -0.15) is 0 Å². The lowest BCUT2D eigenvalue weighted by molar-refractivity contribution is -0.145. The number of aromatic nitrogens is 2. The van der Waals surface area contributed by atoms with Crippen LogP contribution in [0.4, 0.5) is 5.95 Å². The van der Waals surface area contributed by atoms with E-state index >= 15 is 0 Å². The molecular weight excluding hydrogens is 254 g/mol. The number of carbonyl (C=O) groups is 1. The molecule has 1 aromatic carbocycles. The van der Waals surface area contributed by atoms with E-state index in [2.05, 4.69) is 21.8 Å². The van der Waals surface area contributed by atoms with E-state index in [0.29, 0.717) is 12.5 Å². The first-order valence-electron chi connectivity index (χ1n) is 6.73. The molecule has 1 saturated heterocycles. The Kier molecular flexibility index (Phi) is 3.26. The van der Waals surface area contributed by atoms with Gasteiger partial charge in [-0.1, -0.05) is 25.1 Å². The highest BCUT2D eigenvalue weighted by molar-refractivity contribution is 5.79. The van der Waals surface area contributed by atoms with E-state index < -0.39 is 0 Å². The maximum absolute atomic E-state index is 11.7. The molecule has 0 saturated carbocycles. The van der Waals surface area contributed by atoms with Crippen molar-refractivity contribution in [2.75, 3.05) is 25.1 Å². The Bertz CT molecular complexity index is 644. The minimum absolute atomic E-state index is 0.102. The third-order valence-corrected chi connectivity index (χ3v) is 3.88. The summed E-state index contributed by atoms with van der Waals surface area (Å²) in [4.78, 5) is 22.8. The summed E-state index contributed by atoms with van der Waals surface area (Å²) in [6.07, 6.45) is 1.83. The first-order chi connectivity index (χ1) is 9.69. The monoisotopic (exact) mass is 271 g/mol. The van der Waals surface area contributed by atoms with Gasteiger partial charge in [0, 0.05) is 24.7 Å². The van der Waals surface area contributed by atoms with E-state index in [4.69, 9.17) is 4.74 Å². The molecule has 2 unspecified atom stereocenters. The van der Waals surface area contributed by atoms with Crippen molar-refractivity contribution < 1.29 is 9.53 Å². The van der Waals surface area contributed by atoms with E-state index in [9.17, 15) is 4.79 Å². The fourth-order valence-electron chi connectivity index (χ4n) is 2.70. The number of fused-ring (bicyclic) bond motifs is 1. The number of carbonyl (C=O) groups excluding carboxylic acids is 1. The van der Waals surface area contributed by atoms with Crippen LogP contribution in [-0.2, 0) is 9.53 Å². The van der Waals surface area contributed by atoms with Crippen LogP contribution in [0.2, 0.25) is 0 Å². The van der Waals surface area contributed by atoms with Crippen molar-refractivity contribution in [2.24, 2.45) is 11.8 Å². The van der Waals surface area contributed by atoms with Crippen LogP contribution in [0, 0.1) is 11.8 Å². The fourth-order valence-corrected chi connectivity index (χ4v) is 2.70. The summed E-state index contributed by atoms with van der Waals surface area (Å²) >= 11 is 0. The normalized spacial score (nSPS) is 22.2. The van der Waals surface area contributed by atoms with Gasteiger partial charge in [-0.25, -0.2) is 9.97 Å². The molecule has 3 rings (SSSR count). The summed E-state index contributed by atoms with van der Waals surface area (Å²) in [5.74, 6) is 0.676. The molecule has 5 heteroatoms. The predicted octanol–water partition coefficient (Wildman–Crippen LogP) is 1.88. The van der Waals surface area contributed by atoms with Crippen molar-refractivity contribution in [3.8, 4) is 0 Å². The van der Waals surface area contributed by atoms with E-state index in [1.54, 1.807) is 0 Å². The molecule has 1 aromatic heterocycles. The topological polar surface area (TPSA) is 55.3 Å². The van der Waals surface area contributed by atoms with Gasteiger partial charge in [0.2, 0.25) is 5.95 Å². The quantitative estimate of drug-likeness (QED) is 0.781. The zero-order valence-electron chi connectivity index (χ0n) is 11.6. The molecule has 2 heterocycles. The number of anilines is 1. The minimum Gasteiger partial charge on any atom is -0.469 e. The molecule has 1 aliphatic rings. The third kappa shape index (κ3) is 2.19. The largest absolute Gasteiger partial charge is 0.469 e. The van der Waals surface area contributed by atoms with Crippen molar-refractivity contribution >= 4 is 22.8 Å². The van der Waals surface area contributed by atoms with Gasteiger partial charge >= 0.3 is 5.97 Å². The number of nitrogens with zero attached hydrogens (tertiary/aromatic N) is 3. The van der Waals surface area contributed by atoms with Gasteiger partial charge < -0.3 is 9.64 Å². The molecule has 0 N–H and O–H groups in total. The standard InChI is InChI=1S/C15H17N3O2/c1-10-8-18(9-12(10)14(19)20-2)15-16-7-11-5-3-4-6-13(11)17-15/h3-7,10,12H,8-9H2,1-2H3. The Hall–Kier alpha value is -2.17. The van der Waals surface area contributed by atoms with Crippen molar-refractivity contribution in [2.45, 2.75) is 6.92 Å². The molecule has 0 amide bonds. The summed E-state index contributed by atoms with van der Waals surface area (Å²) in [6, 6.07) is 7.89. The second-order valence-electron chi connectivity index (χ2n) is 5.24. The van der Waals surface area contributed by atoms with E-state index in [1.165, 1.54) is 7.11 Å². The minimum atomic E-state index is -0.152. The van der Waals surface area contributed by atoms with Crippen molar-refractivity contribution in [3.05, 3.63) is 30.5 Å². The Morgan fingerprint density at radius 2 is 2.15 bits per heavy atom. The summed E-state index contributed by atoms with van der Waals surface area (Å²) < 4.78 is 4.85. The Labute approximate surface area is 117 Å². The zero-order valence-corrected chi connectivity index (χ0v) is 11.6. The lowest BCUT2D eigenvalue weighted by Gasteiger charge is -2.15. The van der Waals surface area contributed by atoms with Gasteiger partial charge in [-0.15, -0.1) is 0 Å². The van der Waals surface area contributed by atoms with Crippen LogP contribution in [0.1, 0.15) is 6.92 Å². The van der Waals surface area contributed by atoms with Gasteiger partial charge in [-0.05, 0) is 12.0 Å². The lowest BCUT2D eigenvalue weighted by atomic mass is 9.99. The molecule has 2 atom stereocenters. The van der Waals surface area contributed by atoms with Crippen molar-refractivity contribution in [1.82, 2.24) is 9.97 Å². The number of para-hydroxylation sites is 1.